The van der Waals surface area contributed by atoms with Gasteiger partial charge >= 0.3 is 0 Å². The molecule has 1 saturated heterocycles. The average Bonchev–Trinajstić information content (AvgIpc) is 3.29. The Hall–Kier alpha value is -4.27. The van der Waals surface area contributed by atoms with Gasteiger partial charge in [0, 0.05) is 55.1 Å². The van der Waals surface area contributed by atoms with Gasteiger partial charge in [0.1, 0.15) is 28.6 Å². The Kier molecular flexibility index (Phi) is 7.09. The van der Waals surface area contributed by atoms with Crippen molar-refractivity contribution in [3.63, 3.8) is 0 Å². The quantitative estimate of drug-likeness (QED) is 0.367. The lowest BCUT2D eigenvalue weighted by Crippen LogP contribution is -2.40. The number of Topliss-reactive ketones (excluding diaryl/α,β-unsaturated/α-hetero) is 1. The third-order valence-electron chi connectivity index (χ3n) is 6.91. The minimum Gasteiger partial charge on any atom is -0.382 e. The SMILES string of the molecule is Cc1ccnc(NC(=O)c2ccc(-c3nc(N4CCCC(C(=O)CC(C)C)C4)n4ccnc(N)c34)cc2)c1. The second-order valence-electron chi connectivity index (χ2n) is 10.4. The normalized spacial score (nSPS) is 15.7. The maximum atomic E-state index is 12.8. The molecule has 0 saturated carbocycles. The van der Waals surface area contributed by atoms with Crippen LogP contribution in [0, 0.1) is 18.8 Å². The number of fused-ring (bicyclic) bond motifs is 1. The molecule has 1 aliphatic heterocycles. The van der Waals surface area contributed by atoms with Gasteiger partial charge in [0.05, 0.1) is 0 Å². The van der Waals surface area contributed by atoms with Crippen molar-refractivity contribution in [2.45, 2.75) is 40.0 Å². The number of hydrogen-bond acceptors (Lipinski definition) is 7. The van der Waals surface area contributed by atoms with Crippen molar-refractivity contribution in [2.75, 3.05) is 29.0 Å². The first-order chi connectivity index (χ1) is 18.3. The summed E-state index contributed by atoms with van der Waals surface area (Å²) in [7, 11) is 0. The molecule has 0 bridgehead atoms. The molecule has 5 rings (SSSR count). The maximum absolute atomic E-state index is 12.8. The van der Waals surface area contributed by atoms with Crippen LogP contribution in [-0.4, -0.2) is 44.1 Å². The monoisotopic (exact) mass is 511 g/mol. The van der Waals surface area contributed by atoms with E-state index < -0.39 is 0 Å². The number of imidazole rings is 1. The van der Waals surface area contributed by atoms with Crippen molar-refractivity contribution in [3.8, 4) is 11.3 Å². The molecule has 1 fully saturated rings. The van der Waals surface area contributed by atoms with Gasteiger partial charge in [0.2, 0.25) is 5.95 Å². The highest BCUT2D eigenvalue weighted by Gasteiger charge is 2.29. The number of anilines is 3. The zero-order chi connectivity index (χ0) is 26.8. The van der Waals surface area contributed by atoms with Crippen LogP contribution in [0.15, 0.2) is 55.0 Å². The van der Waals surface area contributed by atoms with E-state index in [-0.39, 0.29) is 11.8 Å². The Balaban J connectivity index is 1.43. The number of piperidine rings is 1. The smallest absolute Gasteiger partial charge is 0.256 e. The predicted octanol–water partition coefficient (Wildman–Crippen LogP) is 4.77. The Bertz CT molecular complexity index is 1480. The number of benzene rings is 1. The number of aromatic nitrogens is 4. The van der Waals surface area contributed by atoms with Crippen molar-refractivity contribution in [1.82, 2.24) is 19.4 Å². The highest BCUT2D eigenvalue weighted by atomic mass is 16.1. The van der Waals surface area contributed by atoms with Crippen LogP contribution in [0.25, 0.3) is 16.8 Å². The molecule has 0 radical (unpaired) electrons. The van der Waals surface area contributed by atoms with E-state index in [0.29, 0.717) is 53.1 Å². The molecule has 196 valence electrons. The van der Waals surface area contributed by atoms with E-state index in [0.717, 1.165) is 36.5 Å². The third kappa shape index (κ3) is 5.22. The van der Waals surface area contributed by atoms with Crippen molar-refractivity contribution in [2.24, 2.45) is 11.8 Å². The van der Waals surface area contributed by atoms with Gasteiger partial charge < -0.3 is 16.0 Å². The van der Waals surface area contributed by atoms with E-state index in [1.165, 1.54) is 0 Å². The van der Waals surface area contributed by atoms with Gasteiger partial charge in [-0.15, -0.1) is 0 Å². The molecule has 1 amide bonds. The highest BCUT2D eigenvalue weighted by molar-refractivity contribution is 6.04. The molecule has 1 atom stereocenters. The van der Waals surface area contributed by atoms with Crippen LogP contribution in [0.3, 0.4) is 0 Å². The van der Waals surface area contributed by atoms with Gasteiger partial charge in [-0.25, -0.2) is 15.0 Å². The second kappa shape index (κ2) is 10.6. The molecule has 1 aliphatic rings. The van der Waals surface area contributed by atoms with Crippen LogP contribution in [-0.2, 0) is 4.79 Å². The van der Waals surface area contributed by atoms with Gasteiger partial charge in [-0.2, -0.15) is 0 Å². The van der Waals surface area contributed by atoms with Crippen LogP contribution in [0.2, 0.25) is 0 Å². The van der Waals surface area contributed by atoms with E-state index in [2.05, 4.69) is 34.0 Å². The zero-order valence-electron chi connectivity index (χ0n) is 22.0. The fourth-order valence-electron chi connectivity index (χ4n) is 5.04. The van der Waals surface area contributed by atoms with Crippen molar-refractivity contribution >= 4 is 34.8 Å². The molecule has 9 nitrogen and oxygen atoms in total. The van der Waals surface area contributed by atoms with Crippen molar-refractivity contribution < 1.29 is 9.59 Å². The molecular weight excluding hydrogens is 478 g/mol. The number of nitrogen functional groups attached to an aromatic ring is 1. The van der Waals surface area contributed by atoms with E-state index in [4.69, 9.17) is 10.7 Å². The number of carbonyl (C=O) groups is 2. The summed E-state index contributed by atoms with van der Waals surface area (Å²) in [6, 6.07) is 11.0. The average molecular weight is 512 g/mol. The molecule has 0 aliphatic carbocycles. The Morgan fingerprint density at radius 2 is 1.92 bits per heavy atom. The first kappa shape index (κ1) is 25.4. The highest BCUT2D eigenvalue weighted by Crippen LogP contribution is 2.33. The molecule has 3 N–H and O–H groups in total. The molecule has 1 unspecified atom stereocenters. The lowest BCUT2D eigenvalue weighted by molar-refractivity contribution is -0.123. The topological polar surface area (TPSA) is 119 Å². The first-order valence-electron chi connectivity index (χ1n) is 13.0. The van der Waals surface area contributed by atoms with Gasteiger partial charge in [0.25, 0.3) is 5.91 Å². The summed E-state index contributed by atoms with van der Waals surface area (Å²) in [5, 5.41) is 2.83. The number of pyridine rings is 1. The number of hydrogen-bond donors (Lipinski definition) is 2. The molecule has 4 aromatic rings. The van der Waals surface area contributed by atoms with E-state index >= 15 is 0 Å². The molecule has 38 heavy (non-hydrogen) atoms. The molecule has 1 aromatic carbocycles. The van der Waals surface area contributed by atoms with Gasteiger partial charge in [-0.05, 0) is 55.5 Å². The lowest BCUT2D eigenvalue weighted by atomic mass is 9.89. The lowest BCUT2D eigenvalue weighted by Gasteiger charge is -2.32. The number of nitrogens with one attached hydrogen (secondary N) is 1. The number of nitrogens with two attached hydrogens (primary N) is 1. The minimum atomic E-state index is -0.239. The van der Waals surface area contributed by atoms with E-state index in [1.807, 2.05) is 41.8 Å². The third-order valence-corrected chi connectivity index (χ3v) is 6.91. The summed E-state index contributed by atoms with van der Waals surface area (Å²) >= 11 is 0. The number of carbonyl (C=O) groups excluding carboxylic acids is 2. The van der Waals surface area contributed by atoms with Crippen LogP contribution in [0.4, 0.5) is 17.6 Å². The van der Waals surface area contributed by atoms with E-state index in [9.17, 15) is 9.59 Å². The fraction of sp³-hybridized carbons (Fsp3) is 0.345. The Morgan fingerprint density at radius 1 is 1.13 bits per heavy atom. The molecule has 9 heteroatoms. The minimum absolute atomic E-state index is 0.00169. The first-order valence-corrected chi connectivity index (χ1v) is 13.0. The summed E-state index contributed by atoms with van der Waals surface area (Å²) in [5.41, 5.74) is 10.1. The summed E-state index contributed by atoms with van der Waals surface area (Å²) in [6.45, 7) is 7.56. The number of aryl methyl sites for hydroxylation is 1. The Morgan fingerprint density at radius 3 is 2.66 bits per heavy atom. The number of nitrogens with zero attached hydrogens (tertiary/aromatic N) is 5. The van der Waals surface area contributed by atoms with Gasteiger partial charge in [-0.3, -0.25) is 14.0 Å². The predicted molar refractivity (Wildman–Crippen MR) is 149 cm³/mol. The Labute approximate surface area is 222 Å². The number of rotatable bonds is 7. The zero-order valence-corrected chi connectivity index (χ0v) is 22.0. The van der Waals surface area contributed by atoms with Gasteiger partial charge in [-0.1, -0.05) is 26.0 Å². The van der Waals surface area contributed by atoms with Crippen LogP contribution >= 0.6 is 0 Å². The van der Waals surface area contributed by atoms with Crippen molar-refractivity contribution in [1.29, 1.82) is 0 Å². The summed E-state index contributed by atoms with van der Waals surface area (Å²) in [5.74, 6) is 2.06. The molecule has 4 heterocycles. The van der Waals surface area contributed by atoms with Crippen LogP contribution < -0.4 is 16.0 Å². The maximum Gasteiger partial charge on any atom is 0.256 e. The standard InChI is InChI=1S/C29H33N7O2/c1-18(2)15-23(37)22-5-4-13-35(17-22)29-34-25(26-27(30)32-12-14-36(26)29)20-6-8-21(9-7-20)28(38)33-24-16-19(3)10-11-31-24/h6-12,14,16,18,22H,4-5,13,15,17H2,1-3H3,(H2,30,32)(H,31,33,38). The van der Waals surface area contributed by atoms with Crippen molar-refractivity contribution in [3.05, 3.63) is 66.1 Å². The fourth-order valence-corrected chi connectivity index (χ4v) is 5.04. The second-order valence-corrected chi connectivity index (χ2v) is 10.4. The molecule has 0 spiro atoms. The van der Waals surface area contributed by atoms with Gasteiger partial charge in [0.15, 0.2) is 0 Å². The summed E-state index contributed by atoms with van der Waals surface area (Å²) in [4.78, 5) is 41.3. The number of amides is 1. The van der Waals surface area contributed by atoms with E-state index in [1.54, 1.807) is 24.5 Å². The van der Waals surface area contributed by atoms with Crippen LogP contribution in [0.5, 0.6) is 0 Å². The van der Waals surface area contributed by atoms with Crippen LogP contribution in [0.1, 0.15) is 49.0 Å². The summed E-state index contributed by atoms with van der Waals surface area (Å²) in [6.07, 6.45) is 7.62. The summed E-state index contributed by atoms with van der Waals surface area (Å²) < 4.78 is 1.96. The molecule has 3 aromatic heterocycles. The largest absolute Gasteiger partial charge is 0.382 e. The number of ketones is 1. The molecular formula is C29H33N7O2.